The Labute approximate surface area is 99.5 Å². The summed E-state index contributed by atoms with van der Waals surface area (Å²) < 4.78 is 1.03. The van der Waals surface area contributed by atoms with Crippen LogP contribution in [0.25, 0.3) is 0 Å². The third-order valence-corrected chi connectivity index (χ3v) is 3.36. The Hall–Kier alpha value is -0.350. The standard InChI is InChI=1S/C10H9Br2NO/c11-7-1-3-9(4-2-7)13-6-8(12)5-10(13)14/h1-4,8H,5-6H2. The fourth-order valence-corrected chi connectivity index (χ4v) is 2.37. The van der Waals surface area contributed by atoms with Crippen molar-refractivity contribution in [2.24, 2.45) is 0 Å². The van der Waals surface area contributed by atoms with Gasteiger partial charge in [0.2, 0.25) is 5.91 Å². The van der Waals surface area contributed by atoms with Crippen molar-refractivity contribution in [3.63, 3.8) is 0 Å². The van der Waals surface area contributed by atoms with E-state index in [1.807, 2.05) is 29.2 Å². The fourth-order valence-electron chi connectivity index (χ4n) is 1.53. The number of carbonyl (C=O) groups is 1. The molecule has 1 aliphatic rings. The van der Waals surface area contributed by atoms with Crippen LogP contribution in [0.5, 0.6) is 0 Å². The van der Waals surface area contributed by atoms with Crippen molar-refractivity contribution in [2.45, 2.75) is 11.2 Å². The van der Waals surface area contributed by atoms with Crippen LogP contribution in [-0.4, -0.2) is 17.3 Å². The quantitative estimate of drug-likeness (QED) is 0.729. The highest BCUT2D eigenvalue weighted by Crippen LogP contribution is 2.26. The van der Waals surface area contributed by atoms with Crippen molar-refractivity contribution in [2.75, 3.05) is 11.4 Å². The Morgan fingerprint density at radius 3 is 2.43 bits per heavy atom. The minimum absolute atomic E-state index is 0.189. The van der Waals surface area contributed by atoms with Gasteiger partial charge in [-0.05, 0) is 24.3 Å². The van der Waals surface area contributed by atoms with Crippen LogP contribution in [0, 0.1) is 0 Å². The molecule has 0 saturated carbocycles. The summed E-state index contributed by atoms with van der Waals surface area (Å²) >= 11 is 6.83. The van der Waals surface area contributed by atoms with Crippen LogP contribution in [0.1, 0.15) is 6.42 Å². The number of rotatable bonds is 1. The molecular formula is C10H9Br2NO. The molecule has 14 heavy (non-hydrogen) atoms. The van der Waals surface area contributed by atoms with Gasteiger partial charge in [-0.25, -0.2) is 0 Å². The van der Waals surface area contributed by atoms with Crippen molar-refractivity contribution < 1.29 is 4.79 Å². The zero-order chi connectivity index (χ0) is 10.1. The molecule has 0 radical (unpaired) electrons. The number of hydrogen-bond acceptors (Lipinski definition) is 1. The van der Waals surface area contributed by atoms with Gasteiger partial charge in [-0.1, -0.05) is 31.9 Å². The molecule has 1 aliphatic heterocycles. The van der Waals surface area contributed by atoms with Crippen LogP contribution in [0.2, 0.25) is 0 Å². The summed E-state index contributed by atoms with van der Waals surface area (Å²) in [6, 6.07) is 7.80. The zero-order valence-corrected chi connectivity index (χ0v) is 10.6. The maximum Gasteiger partial charge on any atom is 0.228 e. The molecule has 0 aromatic heterocycles. The molecular weight excluding hydrogens is 310 g/mol. The molecule has 1 heterocycles. The van der Waals surface area contributed by atoms with Crippen LogP contribution in [0.15, 0.2) is 28.7 Å². The Bertz CT molecular complexity index is 350. The van der Waals surface area contributed by atoms with Crippen LogP contribution in [-0.2, 0) is 4.79 Å². The second kappa shape index (κ2) is 4.03. The van der Waals surface area contributed by atoms with Crippen molar-refractivity contribution in [3.8, 4) is 0 Å². The average molecular weight is 319 g/mol. The van der Waals surface area contributed by atoms with Gasteiger partial charge >= 0.3 is 0 Å². The third kappa shape index (κ3) is 2.01. The average Bonchev–Trinajstić information content (AvgIpc) is 2.47. The molecule has 1 saturated heterocycles. The highest BCUT2D eigenvalue weighted by molar-refractivity contribution is 9.10. The summed E-state index contributed by atoms with van der Waals surface area (Å²) in [5.41, 5.74) is 0.972. The highest BCUT2D eigenvalue weighted by atomic mass is 79.9. The van der Waals surface area contributed by atoms with E-state index in [9.17, 15) is 4.79 Å². The van der Waals surface area contributed by atoms with Gasteiger partial charge in [-0.3, -0.25) is 4.79 Å². The zero-order valence-electron chi connectivity index (χ0n) is 7.41. The summed E-state index contributed by atoms with van der Waals surface area (Å²) in [5.74, 6) is 0.189. The molecule has 0 bridgehead atoms. The van der Waals surface area contributed by atoms with Crippen molar-refractivity contribution in [3.05, 3.63) is 28.7 Å². The molecule has 1 fully saturated rings. The number of hydrogen-bond donors (Lipinski definition) is 0. The Morgan fingerprint density at radius 1 is 1.29 bits per heavy atom. The number of benzene rings is 1. The van der Waals surface area contributed by atoms with E-state index in [2.05, 4.69) is 31.9 Å². The van der Waals surface area contributed by atoms with Gasteiger partial charge < -0.3 is 4.90 Å². The fraction of sp³-hybridized carbons (Fsp3) is 0.300. The highest BCUT2D eigenvalue weighted by Gasteiger charge is 2.28. The minimum atomic E-state index is 0.189. The number of alkyl halides is 1. The summed E-state index contributed by atoms with van der Waals surface area (Å²) in [6.45, 7) is 0.764. The molecule has 2 rings (SSSR count). The number of anilines is 1. The first-order valence-electron chi connectivity index (χ1n) is 4.37. The first-order valence-corrected chi connectivity index (χ1v) is 6.07. The number of amides is 1. The lowest BCUT2D eigenvalue weighted by molar-refractivity contribution is -0.117. The van der Waals surface area contributed by atoms with E-state index in [0.29, 0.717) is 11.2 Å². The van der Waals surface area contributed by atoms with Gasteiger partial charge in [0.15, 0.2) is 0 Å². The smallest absolute Gasteiger partial charge is 0.228 e. The predicted octanol–water partition coefficient (Wildman–Crippen LogP) is 2.95. The van der Waals surface area contributed by atoms with E-state index in [-0.39, 0.29) is 5.91 Å². The second-order valence-corrected chi connectivity index (χ2v) is 5.49. The van der Waals surface area contributed by atoms with Crippen LogP contribution < -0.4 is 4.90 Å². The van der Waals surface area contributed by atoms with E-state index in [1.165, 1.54) is 0 Å². The van der Waals surface area contributed by atoms with Crippen molar-refractivity contribution in [1.82, 2.24) is 0 Å². The summed E-state index contributed by atoms with van der Waals surface area (Å²) in [5, 5.41) is 0. The van der Waals surface area contributed by atoms with E-state index in [4.69, 9.17) is 0 Å². The first kappa shape index (κ1) is 10.2. The summed E-state index contributed by atoms with van der Waals surface area (Å²) in [4.78, 5) is 13.7. The Morgan fingerprint density at radius 2 is 1.93 bits per heavy atom. The third-order valence-electron chi connectivity index (χ3n) is 2.22. The van der Waals surface area contributed by atoms with Gasteiger partial charge in [0.1, 0.15) is 0 Å². The Kier molecular flexibility index (Phi) is 2.93. The summed E-state index contributed by atoms with van der Waals surface area (Å²) in [6.07, 6.45) is 0.593. The Balaban J connectivity index is 2.23. The maximum absolute atomic E-state index is 11.6. The van der Waals surface area contributed by atoms with Crippen LogP contribution >= 0.6 is 31.9 Å². The van der Waals surface area contributed by atoms with Gasteiger partial charge in [0.05, 0.1) is 0 Å². The van der Waals surface area contributed by atoms with Crippen molar-refractivity contribution >= 4 is 43.5 Å². The minimum Gasteiger partial charge on any atom is -0.311 e. The van der Waals surface area contributed by atoms with Gasteiger partial charge in [0, 0.05) is 28.0 Å². The van der Waals surface area contributed by atoms with E-state index in [0.717, 1.165) is 16.7 Å². The van der Waals surface area contributed by atoms with E-state index < -0.39 is 0 Å². The molecule has 2 nitrogen and oxygen atoms in total. The predicted molar refractivity (Wildman–Crippen MR) is 63.8 cm³/mol. The molecule has 0 aliphatic carbocycles. The molecule has 74 valence electrons. The molecule has 1 unspecified atom stereocenters. The van der Waals surface area contributed by atoms with Gasteiger partial charge in [-0.2, -0.15) is 0 Å². The molecule has 0 spiro atoms. The monoisotopic (exact) mass is 317 g/mol. The van der Waals surface area contributed by atoms with Crippen LogP contribution in [0.3, 0.4) is 0 Å². The normalized spacial score (nSPS) is 21.7. The van der Waals surface area contributed by atoms with Gasteiger partial charge in [-0.15, -0.1) is 0 Å². The molecule has 4 heteroatoms. The van der Waals surface area contributed by atoms with Crippen molar-refractivity contribution in [1.29, 1.82) is 0 Å². The van der Waals surface area contributed by atoms with Gasteiger partial charge in [0.25, 0.3) is 0 Å². The summed E-state index contributed by atoms with van der Waals surface area (Å²) in [7, 11) is 0. The topological polar surface area (TPSA) is 20.3 Å². The molecule has 1 amide bonds. The molecule has 1 aromatic rings. The SMILES string of the molecule is O=C1CC(Br)CN1c1ccc(Br)cc1. The number of halogens is 2. The number of nitrogens with zero attached hydrogens (tertiary/aromatic N) is 1. The molecule has 0 N–H and O–H groups in total. The second-order valence-electron chi connectivity index (χ2n) is 3.28. The van der Waals surface area contributed by atoms with E-state index in [1.54, 1.807) is 0 Å². The maximum atomic E-state index is 11.6. The lowest BCUT2D eigenvalue weighted by Gasteiger charge is -2.15. The largest absolute Gasteiger partial charge is 0.311 e. The first-order chi connectivity index (χ1) is 6.66. The molecule has 1 atom stereocenters. The number of carbonyl (C=O) groups excluding carboxylic acids is 1. The van der Waals surface area contributed by atoms with E-state index >= 15 is 0 Å². The lowest BCUT2D eigenvalue weighted by Crippen LogP contribution is -2.24. The van der Waals surface area contributed by atoms with Crippen LogP contribution in [0.4, 0.5) is 5.69 Å². The molecule has 1 aromatic carbocycles. The lowest BCUT2D eigenvalue weighted by atomic mass is 10.3.